The van der Waals surface area contributed by atoms with Gasteiger partial charge in [-0.2, -0.15) is 0 Å². The average molecular weight is 240 g/mol. The molecule has 0 radical (unpaired) electrons. The van der Waals surface area contributed by atoms with Gasteiger partial charge in [-0.1, -0.05) is 11.4 Å². The summed E-state index contributed by atoms with van der Waals surface area (Å²) in [5.41, 5.74) is 1.11. The molecule has 0 spiro atoms. The van der Waals surface area contributed by atoms with Gasteiger partial charge in [0, 0.05) is 24.6 Å². The summed E-state index contributed by atoms with van der Waals surface area (Å²) in [6.45, 7) is 8.73. The second kappa shape index (κ2) is 5.59. The lowest BCUT2D eigenvalue weighted by Crippen LogP contribution is -2.32. The predicted molar refractivity (Wildman–Crippen MR) is 67.7 cm³/mol. The van der Waals surface area contributed by atoms with Gasteiger partial charge in [0.15, 0.2) is 0 Å². The summed E-state index contributed by atoms with van der Waals surface area (Å²) in [7, 11) is 0. The van der Waals surface area contributed by atoms with Crippen LogP contribution in [0.25, 0.3) is 0 Å². The number of hydrogen-bond donors (Lipinski definition) is 1. The maximum atomic E-state index is 4.21. The fourth-order valence-corrected chi connectivity index (χ4v) is 2.68. The van der Waals surface area contributed by atoms with Gasteiger partial charge in [-0.3, -0.25) is 4.90 Å². The fourth-order valence-electron chi connectivity index (χ4n) is 2.04. The molecule has 2 rings (SSSR count). The summed E-state index contributed by atoms with van der Waals surface area (Å²) in [6.07, 6.45) is 2.63. The van der Waals surface area contributed by atoms with E-state index >= 15 is 0 Å². The van der Waals surface area contributed by atoms with Crippen LogP contribution in [0.2, 0.25) is 0 Å². The molecule has 5 heteroatoms. The van der Waals surface area contributed by atoms with Crippen molar-refractivity contribution < 1.29 is 0 Å². The van der Waals surface area contributed by atoms with Crippen LogP contribution in [-0.2, 0) is 6.54 Å². The summed E-state index contributed by atoms with van der Waals surface area (Å²) < 4.78 is 4.02. The summed E-state index contributed by atoms with van der Waals surface area (Å²) in [4.78, 5) is 2.48. The zero-order valence-corrected chi connectivity index (χ0v) is 10.9. The second-order valence-electron chi connectivity index (χ2n) is 4.54. The zero-order valence-electron chi connectivity index (χ0n) is 10.1. The minimum absolute atomic E-state index is 0.887. The lowest BCUT2D eigenvalue weighted by atomic mass is 9.99. The van der Waals surface area contributed by atoms with Crippen molar-refractivity contribution in [2.24, 2.45) is 5.92 Å². The second-order valence-corrected chi connectivity index (χ2v) is 5.29. The zero-order chi connectivity index (χ0) is 11.4. The Labute approximate surface area is 101 Å². The molecule has 0 aliphatic carbocycles. The summed E-state index contributed by atoms with van der Waals surface area (Å²) in [5, 5.41) is 8.67. The third-order valence-corrected chi connectivity index (χ3v) is 3.87. The molecule has 1 aliphatic heterocycles. The first-order chi connectivity index (χ1) is 7.79. The summed E-state index contributed by atoms with van der Waals surface area (Å²) in [6, 6.07) is 0. The molecule has 1 aromatic rings. The highest BCUT2D eigenvalue weighted by atomic mass is 32.1. The Morgan fingerprint density at radius 2 is 2.19 bits per heavy atom. The van der Waals surface area contributed by atoms with Crippen molar-refractivity contribution >= 4 is 16.5 Å². The number of aromatic nitrogens is 2. The highest BCUT2D eigenvalue weighted by Gasteiger charge is 2.18. The van der Waals surface area contributed by atoms with Gasteiger partial charge in [0.1, 0.15) is 10.7 Å². The third kappa shape index (κ3) is 2.92. The number of nitrogens with zero attached hydrogens (tertiary/aromatic N) is 3. The molecule has 0 atom stereocenters. The molecule has 1 N–H and O–H groups in total. The Kier molecular flexibility index (Phi) is 4.12. The van der Waals surface area contributed by atoms with Gasteiger partial charge in [0.2, 0.25) is 0 Å². The molecule has 1 saturated heterocycles. The number of hydrogen-bond acceptors (Lipinski definition) is 5. The maximum absolute atomic E-state index is 4.21. The van der Waals surface area contributed by atoms with Crippen molar-refractivity contribution in [3.8, 4) is 0 Å². The van der Waals surface area contributed by atoms with Crippen LogP contribution in [0.15, 0.2) is 0 Å². The largest absolute Gasteiger partial charge is 0.374 e. The molecule has 90 valence electrons. The minimum Gasteiger partial charge on any atom is -0.374 e. The van der Waals surface area contributed by atoms with Gasteiger partial charge in [-0.25, -0.2) is 0 Å². The Morgan fingerprint density at radius 1 is 1.44 bits per heavy atom. The molecule has 0 saturated carbocycles. The first kappa shape index (κ1) is 11.8. The Morgan fingerprint density at radius 3 is 2.88 bits per heavy atom. The van der Waals surface area contributed by atoms with Crippen molar-refractivity contribution in [2.45, 2.75) is 33.2 Å². The van der Waals surface area contributed by atoms with Crippen LogP contribution in [0.5, 0.6) is 0 Å². The first-order valence-electron chi connectivity index (χ1n) is 6.07. The first-order valence-corrected chi connectivity index (χ1v) is 6.84. The molecule has 0 aromatic carbocycles. The van der Waals surface area contributed by atoms with E-state index in [1.807, 2.05) is 0 Å². The van der Waals surface area contributed by atoms with Crippen LogP contribution >= 0.6 is 11.5 Å². The molecule has 0 amide bonds. The Bertz CT molecular complexity index is 318. The molecule has 16 heavy (non-hydrogen) atoms. The van der Waals surface area contributed by atoms with E-state index < -0.39 is 0 Å². The molecule has 4 nitrogen and oxygen atoms in total. The number of piperidine rings is 1. The van der Waals surface area contributed by atoms with Crippen LogP contribution in [0.4, 0.5) is 5.00 Å². The van der Waals surface area contributed by atoms with Gasteiger partial charge in [0.05, 0.1) is 0 Å². The van der Waals surface area contributed by atoms with E-state index in [4.69, 9.17) is 0 Å². The summed E-state index contributed by atoms with van der Waals surface area (Å²) in [5.74, 6) is 0.887. The highest BCUT2D eigenvalue weighted by molar-refractivity contribution is 7.10. The standard InChI is InChI=1S/C11H20N4S/c1-3-12-11-10(13-14-16-11)8-15-6-4-9(2)5-7-15/h9,12H,3-8H2,1-2H3. The van der Waals surface area contributed by atoms with Crippen molar-refractivity contribution in [2.75, 3.05) is 25.0 Å². The van der Waals surface area contributed by atoms with Crippen LogP contribution < -0.4 is 5.32 Å². The van der Waals surface area contributed by atoms with Crippen molar-refractivity contribution in [3.05, 3.63) is 5.69 Å². The third-order valence-electron chi connectivity index (χ3n) is 3.14. The van der Waals surface area contributed by atoms with Gasteiger partial charge >= 0.3 is 0 Å². The SMILES string of the molecule is CCNc1snnc1CN1CCC(C)CC1. The van der Waals surface area contributed by atoms with Crippen LogP contribution in [0, 0.1) is 5.92 Å². The minimum atomic E-state index is 0.887. The lowest BCUT2D eigenvalue weighted by Gasteiger charge is -2.29. The normalized spacial score (nSPS) is 18.9. The maximum Gasteiger partial charge on any atom is 0.134 e. The van der Waals surface area contributed by atoms with Crippen molar-refractivity contribution in [1.82, 2.24) is 14.5 Å². The van der Waals surface area contributed by atoms with Gasteiger partial charge in [-0.05, 0) is 38.8 Å². The molecule has 2 heterocycles. The highest BCUT2D eigenvalue weighted by Crippen LogP contribution is 2.22. The number of nitrogens with one attached hydrogen (secondary N) is 1. The van der Waals surface area contributed by atoms with Crippen LogP contribution in [0.3, 0.4) is 0 Å². The Hall–Kier alpha value is -0.680. The van der Waals surface area contributed by atoms with Gasteiger partial charge < -0.3 is 5.32 Å². The van der Waals surface area contributed by atoms with E-state index in [0.717, 1.165) is 29.7 Å². The number of rotatable bonds is 4. The molecule has 0 unspecified atom stereocenters. The Balaban J connectivity index is 1.90. The molecule has 0 bridgehead atoms. The van der Waals surface area contributed by atoms with Gasteiger partial charge in [0.25, 0.3) is 0 Å². The van der Waals surface area contributed by atoms with Crippen molar-refractivity contribution in [1.29, 1.82) is 0 Å². The summed E-state index contributed by atoms with van der Waals surface area (Å²) >= 11 is 1.46. The number of anilines is 1. The topological polar surface area (TPSA) is 41.1 Å². The molecule has 1 aromatic heterocycles. The van der Waals surface area contributed by atoms with E-state index in [1.165, 1.54) is 37.5 Å². The lowest BCUT2D eigenvalue weighted by molar-refractivity contribution is 0.183. The molecular weight excluding hydrogens is 220 g/mol. The van der Waals surface area contributed by atoms with Gasteiger partial charge in [-0.15, -0.1) is 5.10 Å². The molecular formula is C11H20N4S. The predicted octanol–water partition coefficient (Wildman–Crippen LogP) is 2.20. The quantitative estimate of drug-likeness (QED) is 0.876. The van der Waals surface area contributed by atoms with E-state index in [0.29, 0.717) is 0 Å². The molecule has 1 aliphatic rings. The van der Waals surface area contributed by atoms with E-state index in [1.54, 1.807) is 0 Å². The van der Waals surface area contributed by atoms with Crippen molar-refractivity contribution in [3.63, 3.8) is 0 Å². The monoisotopic (exact) mass is 240 g/mol. The smallest absolute Gasteiger partial charge is 0.134 e. The van der Waals surface area contributed by atoms with E-state index in [9.17, 15) is 0 Å². The average Bonchev–Trinajstić information content (AvgIpc) is 2.70. The van der Waals surface area contributed by atoms with Crippen LogP contribution in [0.1, 0.15) is 32.4 Å². The van der Waals surface area contributed by atoms with Crippen LogP contribution in [-0.4, -0.2) is 34.1 Å². The number of likely N-dealkylation sites (tertiary alicyclic amines) is 1. The van der Waals surface area contributed by atoms with E-state index in [-0.39, 0.29) is 0 Å². The molecule has 1 fully saturated rings. The fraction of sp³-hybridized carbons (Fsp3) is 0.818. The van der Waals surface area contributed by atoms with E-state index in [2.05, 4.69) is 33.7 Å².